The third-order valence-electron chi connectivity index (χ3n) is 1.72. The average Bonchev–Trinajstić information content (AvgIpc) is 1.87. The molecule has 0 aliphatic heterocycles. The van der Waals surface area contributed by atoms with Gasteiger partial charge in [-0.15, -0.1) is 12.6 Å². The molecule has 0 amide bonds. The van der Waals surface area contributed by atoms with Crippen molar-refractivity contribution < 1.29 is 9.22 Å². The van der Waals surface area contributed by atoms with Crippen LogP contribution in [-0.2, 0) is 9.22 Å². The predicted molar refractivity (Wildman–Crippen MR) is 52.5 cm³/mol. The summed E-state index contributed by atoms with van der Waals surface area (Å²) in [6.45, 7) is 4.30. The third-order valence-corrected chi connectivity index (χ3v) is 4.61. The number of hydrogen-bond acceptors (Lipinski definition) is 2. The van der Waals surface area contributed by atoms with Gasteiger partial charge in [-0.1, -0.05) is 0 Å². The van der Waals surface area contributed by atoms with Crippen molar-refractivity contribution in [3.8, 4) is 0 Å². The first-order chi connectivity index (χ1) is 4.98. The van der Waals surface area contributed by atoms with Crippen LogP contribution in [0, 0.1) is 0 Å². The summed E-state index contributed by atoms with van der Waals surface area (Å²) in [5.74, 6) is 0. The Kier molecular flexibility index (Phi) is 5.04. The van der Waals surface area contributed by atoms with Crippen LogP contribution < -0.4 is 0 Å². The molecule has 4 heteroatoms. The molecule has 11 heavy (non-hydrogen) atoms. The van der Waals surface area contributed by atoms with E-state index in [4.69, 9.17) is 4.43 Å². The van der Waals surface area contributed by atoms with E-state index in [1.165, 1.54) is 0 Å². The van der Waals surface area contributed by atoms with Gasteiger partial charge in [-0.25, -0.2) is 0 Å². The minimum Gasteiger partial charge on any atom is -0.420 e. The number of carbonyl (C=O) groups excluding carboxylic acids is 1. The molecule has 0 saturated heterocycles. The van der Waals surface area contributed by atoms with Crippen molar-refractivity contribution >= 4 is 26.1 Å². The lowest BCUT2D eigenvalue weighted by molar-refractivity contribution is -0.110. The van der Waals surface area contributed by atoms with Crippen LogP contribution in [0.3, 0.4) is 0 Å². The highest BCUT2D eigenvalue weighted by atomic mass is 32.1. The Labute approximate surface area is 74.9 Å². The van der Waals surface area contributed by atoms with Crippen LogP contribution in [0.1, 0.15) is 12.8 Å². The van der Waals surface area contributed by atoms with E-state index < -0.39 is 8.32 Å². The smallest absolute Gasteiger partial charge is 0.186 e. The van der Waals surface area contributed by atoms with E-state index >= 15 is 0 Å². The van der Waals surface area contributed by atoms with E-state index in [0.717, 1.165) is 12.5 Å². The van der Waals surface area contributed by atoms with Crippen molar-refractivity contribution in [2.24, 2.45) is 0 Å². The number of carbonyl (C=O) groups is 1. The quantitative estimate of drug-likeness (QED) is 0.533. The molecule has 0 N–H and O–H groups in total. The Morgan fingerprint density at radius 1 is 1.55 bits per heavy atom. The highest BCUT2D eigenvalue weighted by Crippen LogP contribution is 2.14. The molecule has 0 heterocycles. The summed E-state index contributed by atoms with van der Waals surface area (Å²) in [7, 11) is 0.314. The van der Waals surface area contributed by atoms with Gasteiger partial charge in [0.2, 0.25) is 0 Å². The first kappa shape index (κ1) is 11.2. The SMILES string of the molecule is CO[Si](C)(C)CCCC(=O)S. The molecule has 0 aromatic carbocycles. The van der Waals surface area contributed by atoms with Gasteiger partial charge in [0.05, 0.1) is 0 Å². The van der Waals surface area contributed by atoms with Crippen LogP contribution in [0.15, 0.2) is 0 Å². The Morgan fingerprint density at radius 2 is 2.09 bits per heavy atom. The van der Waals surface area contributed by atoms with Crippen LogP contribution in [-0.4, -0.2) is 20.5 Å². The highest BCUT2D eigenvalue weighted by molar-refractivity contribution is 7.96. The standard InChI is InChI=1S/C7H16O2SSi/c1-9-11(2,3)6-4-5-7(8)10/h4-6H2,1-3H3,(H,8,10). The summed E-state index contributed by atoms with van der Waals surface area (Å²) >= 11 is 3.69. The molecule has 0 bridgehead atoms. The van der Waals surface area contributed by atoms with Crippen LogP contribution in [0.4, 0.5) is 0 Å². The maximum atomic E-state index is 10.5. The maximum Gasteiger partial charge on any atom is 0.186 e. The lowest BCUT2D eigenvalue weighted by atomic mass is 10.4. The molecule has 0 spiro atoms. The fourth-order valence-electron chi connectivity index (χ4n) is 0.767. The zero-order chi connectivity index (χ0) is 8.91. The Morgan fingerprint density at radius 3 is 2.45 bits per heavy atom. The van der Waals surface area contributed by atoms with Gasteiger partial charge in [0.15, 0.2) is 13.4 Å². The van der Waals surface area contributed by atoms with Gasteiger partial charge in [-0.3, -0.25) is 4.79 Å². The summed E-state index contributed by atoms with van der Waals surface area (Å²) in [5.41, 5.74) is 0. The van der Waals surface area contributed by atoms with Crippen molar-refractivity contribution in [3.63, 3.8) is 0 Å². The summed E-state index contributed by atoms with van der Waals surface area (Å²) in [5, 5.41) is -0.0223. The number of thiol groups is 1. The molecule has 2 nitrogen and oxygen atoms in total. The van der Waals surface area contributed by atoms with Gasteiger partial charge < -0.3 is 4.43 Å². The van der Waals surface area contributed by atoms with Crippen molar-refractivity contribution in [1.82, 2.24) is 0 Å². The van der Waals surface area contributed by atoms with Gasteiger partial charge in [0.1, 0.15) is 0 Å². The third kappa shape index (κ3) is 6.59. The second-order valence-corrected chi connectivity index (χ2v) is 8.14. The van der Waals surface area contributed by atoms with Gasteiger partial charge >= 0.3 is 0 Å². The van der Waals surface area contributed by atoms with Crippen molar-refractivity contribution in [3.05, 3.63) is 0 Å². The molecule has 0 aliphatic carbocycles. The lowest BCUT2D eigenvalue weighted by Crippen LogP contribution is -2.28. The van der Waals surface area contributed by atoms with Gasteiger partial charge in [-0.05, 0) is 25.6 Å². The first-order valence-corrected chi connectivity index (χ1v) is 7.31. The summed E-state index contributed by atoms with van der Waals surface area (Å²) in [4.78, 5) is 10.5. The minimum absolute atomic E-state index is 0.0223. The van der Waals surface area contributed by atoms with Gasteiger partial charge in [0.25, 0.3) is 0 Å². The summed E-state index contributed by atoms with van der Waals surface area (Å²) < 4.78 is 5.32. The second-order valence-electron chi connectivity index (χ2n) is 3.21. The fraction of sp³-hybridized carbons (Fsp3) is 0.857. The predicted octanol–water partition coefficient (Wildman–Crippen LogP) is 2.07. The van der Waals surface area contributed by atoms with Crippen LogP contribution in [0.25, 0.3) is 0 Å². The van der Waals surface area contributed by atoms with Gasteiger partial charge in [-0.2, -0.15) is 0 Å². The minimum atomic E-state index is -1.43. The molecule has 0 atom stereocenters. The second kappa shape index (κ2) is 4.95. The monoisotopic (exact) mass is 192 g/mol. The lowest BCUT2D eigenvalue weighted by Gasteiger charge is -2.18. The molecule has 0 aliphatic rings. The Balaban J connectivity index is 3.45. The van der Waals surface area contributed by atoms with E-state index in [9.17, 15) is 4.79 Å². The van der Waals surface area contributed by atoms with E-state index in [0.29, 0.717) is 6.42 Å². The Hall–Kier alpha value is 0.197. The van der Waals surface area contributed by atoms with E-state index in [2.05, 4.69) is 25.7 Å². The molecule has 0 rings (SSSR count). The van der Waals surface area contributed by atoms with E-state index in [1.807, 2.05) is 0 Å². The van der Waals surface area contributed by atoms with Crippen molar-refractivity contribution in [2.45, 2.75) is 32.0 Å². The van der Waals surface area contributed by atoms with E-state index in [1.54, 1.807) is 7.11 Å². The molecule has 0 aromatic heterocycles. The van der Waals surface area contributed by atoms with Crippen molar-refractivity contribution in [2.75, 3.05) is 7.11 Å². The average molecular weight is 192 g/mol. The van der Waals surface area contributed by atoms with Crippen LogP contribution in [0.2, 0.25) is 19.1 Å². The zero-order valence-corrected chi connectivity index (χ0v) is 9.28. The molecule has 0 radical (unpaired) electrons. The Bertz CT molecular complexity index is 136. The molecular formula is C7H16O2SSi. The van der Waals surface area contributed by atoms with Crippen LogP contribution >= 0.6 is 12.6 Å². The normalized spacial score (nSPS) is 11.6. The number of hydrogen-bond donors (Lipinski definition) is 1. The zero-order valence-electron chi connectivity index (χ0n) is 7.39. The highest BCUT2D eigenvalue weighted by Gasteiger charge is 2.19. The maximum absolute atomic E-state index is 10.5. The topological polar surface area (TPSA) is 26.3 Å². The summed E-state index contributed by atoms with van der Waals surface area (Å²) in [6.07, 6.45) is 1.48. The first-order valence-electron chi connectivity index (χ1n) is 3.75. The largest absolute Gasteiger partial charge is 0.420 e. The number of rotatable bonds is 5. The summed E-state index contributed by atoms with van der Waals surface area (Å²) in [6, 6.07) is 1.04. The molecule has 0 unspecified atom stereocenters. The van der Waals surface area contributed by atoms with Crippen molar-refractivity contribution in [1.29, 1.82) is 0 Å². The molecule has 0 saturated carbocycles. The molecule has 66 valence electrons. The van der Waals surface area contributed by atoms with E-state index in [-0.39, 0.29) is 5.12 Å². The van der Waals surface area contributed by atoms with Crippen LogP contribution in [0.5, 0.6) is 0 Å². The molecule has 0 aromatic rings. The molecular weight excluding hydrogens is 176 g/mol. The van der Waals surface area contributed by atoms with Gasteiger partial charge in [0, 0.05) is 13.5 Å². The molecule has 0 fully saturated rings. The fourth-order valence-corrected chi connectivity index (χ4v) is 2.16.